The van der Waals surface area contributed by atoms with Crippen LogP contribution in [0.5, 0.6) is 0 Å². The minimum atomic E-state index is -0.848. The maximum absolute atomic E-state index is 10.9. The summed E-state index contributed by atoms with van der Waals surface area (Å²) in [5.74, 6) is 0. The van der Waals surface area contributed by atoms with Gasteiger partial charge in [0, 0.05) is 12.6 Å². The second-order valence-electron chi connectivity index (χ2n) is 5.76. The number of rotatable bonds is 4. The smallest absolute Gasteiger partial charge is 0.109 e. The molecular formula is C13H23BrN4O. The van der Waals surface area contributed by atoms with Gasteiger partial charge in [-0.1, -0.05) is 0 Å². The molecule has 0 aromatic carbocycles. The molecule has 0 amide bonds. The van der Waals surface area contributed by atoms with Crippen molar-refractivity contribution in [2.75, 3.05) is 20.6 Å². The Morgan fingerprint density at radius 1 is 1.63 bits per heavy atom. The van der Waals surface area contributed by atoms with E-state index in [-0.39, 0.29) is 6.04 Å². The summed E-state index contributed by atoms with van der Waals surface area (Å²) in [6.45, 7) is 1.66. The lowest BCUT2D eigenvalue weighted by atomic mass is 9.80. The quantitative estimate of drug-likeness (QED) is 0.873. The first kappa shape index (κ1) is 15.0. The molecule has 2 atom stereocenters. The molecule has 19 heavy (non-hydrogen) atoms. The van der Waals surface area contributed by atoms with Gasteiger partial charge in [0.25, 0.3) is 0 Å². The van der Waals surface area contributed by atoms with Crippen LogP contribution in [0.15, 0.2) is 10.7 Å². The summed E-state index contributed by atoms with van der Waals surface area (Å²) in [5, 5.41) is 15.3. The Hall–Kier alpha value is -0.430. The molecule has 3 N–H and O–H groups in total. The van der Waals surface area contributed by atoms with Gasteiger partial charge < -0.3 is 15.7 Å². The van der Waals surface area contributed by atoms with E-state index in [1.165, 1.54) is 0 Å². The third-order valence-corrected chi connectivity index (χ3v) is 4.34. The minimum absolute atomic E-state index is 0.0721. The zero-order valence-electron chi connectivity index (χ0n) is 11.6. The number of nitrogens with two attached hydrogens (primary N) is 1. The third kappa shape index (κ3) is 3.37. The molecule has 1 aromatic heterocycles. The fourth-order valence-electron chi connectivity index (χ4n) is 2.80. The van der Waals surface area contributed by atoms with Crippen molar-refractivity contribution in [3.63, 3.8) is 0 Å². The first-order chi connectivity index (χ1) is 8.92. The molecule has 1 saturated carbocycles. The molecule has 5 nitrogen and oxygen atoms in total. The number of nitrogens with zero attached hydrogens (tertiary/aromatic N) is 3. The second kappa shape index (κ2) is 5.91. The fourth-order valence-corrected chi connectivity index (χ4v) is 3.46. The summed E-state index contributed by atoms with van der Waals surface area (Å²) in [6.07, 6.45) is 5.09. The van der Waals surface area contributed by atoms with Gasteiger partial charge in [0.15, 0.2) is 0 Å². The van der Waals surface area contributed by atoms with Crippen molar-refractivity contribution in [3.05, 3.63) is 16.4 Å². The third-order valence-electron chi connectivity index (χ3n) is 3.76. The van der Waals surface area contributed by atoms with Crippen LogP contribution < -0.4 is 5.73 Å². The maximum atomic E-state index is 10.9. The van der Waals surface area contributed by atoms with Crippen LogP contribution >= 0.6 is 15.9 Å². The normalized spacial score (nSPS) is 28.0. The van der Waals surface area contributed by atoms with Gasteiger partial charge in [-0.15, -0.1) is 0 Å². The van der Waals surface area contributed by atoms with Gasteiger partial charge in [-0.2, -0.15) is 5.10 Å². The topological polar surface area (TPSA) is 67.3 Å². The van der Waals surface area contributed by atoms with Crippen molar-refractivity contribution < 1.29 is 5.11 Å². The molecule has 6 heteroatoms. The summed E-state index contributed by atoms with van der Waals surface area (Å²) in [7, 11) is 4.06. The Morgan fingerprint density at radius 2 is 2.37 bits per heavy atom. The first-order valence-corrected chi connectivity index (χ1v) is 7.56. The fraction of sp³-hybridized carbons (Fsp3) is 0.769. The molecule has 0 spiro atoms. The molecule has 1 aromatic rings. The molecule has 0 radical (unpaired) electrons. The number of hydrogen-bond acceptors (Lipinski definition) is 4. The highest BCUT2D eigenvalue weighted by Gasteiger charge is 2.39. The van der Waals surface area contributed by atoms with Crippen molar-refractivity contribution >= 4 is 15.9 Å². The van der Waals surface area contributed by atoms with Gasteiger partial charge in [-0.3, -0.25) is 4.68 Å². The van der Waals surface area contributed by atoms with Crippen molar-refractivity contribution in [2.24, 2.45) is 5.73 Å². The number of halogens is 1. The summed E-state index contributed by atoms with van der Waals surface area (Å²) < 4.78 is 2.78. The van der Waals surface area contributed by atoms with Gasteiger partial charge in [0.1, 0.15) is 5.60 Å². The van der Waals surface area contributed by atoms with Crippen LogP contribution in [0.4, 0.5) is 0 Å². The zero-order valence-corrected chi connectivity index (χ0v) is 13.2. The summed E-state index contributed by atoms with van der Waals surface area (Å²) in [6, 6.07) is 0.0721. The van der Waals surface area contributed by atoms with E-state index >= 15 is 0 Å². The molecular weight excluding hydrogens is 308 g/mol. The number of aromatic nitrogens is 2. The molecule has 1 aliphatic carbocycles. The Bertz CT molecular complexity index is 434. The number of hydrogen-bond donors (Lipinski definition) is 2. The average Bonchev–Trinajstić information content (AvgIpc) is 2.68. The highest BCUT2D eigenvalue weighted by Crippen LogP contribution is 2.39. The number of aliphatic hydroxyl groups is 1. The van der Waals surface area contributed by atoms with E-state index in [0.29, 0.717) is 6.42 Å². The predicted molar refractivity (Wildman–Crippen MR) is 78.8 cm³/mol. The lowest BCUT2D eigenvalue weighted by Gasteiger charge is -2.36. The maximum Gasteiger partial charge on any atom is 0.109 e. The summed E-state index contributed by atoms with van der Waals surface area (Å²) >= 11 is 3.52. The van der Waals surface area contributed by atoms with Crippen LogP contribution in [0.1, 0.15) is 31.4 Å². The molecule has 2 rings (SSSR count). The van der Waals surface area contributed by atoms with Gasteiger partial charge in [0.05, 0.1) is 22.9 Å². The van der Waals surface area contributed by atoms with Crippen molar-refractivity contribution in [1.82, 2.24) is 14.7 Å². The van der Waals surface area contributed by atoms with E-state index in [4.69, 9.17) is 5.73 Å². The Kier molecular flexibility index (Phi) is 4.66. The van der Waals surface area contributed by atoms with E-state index in [9.17, 15) is 5.11 Å². The molecule has 2 unspecified atom stereocenters. The van der Waals surface area contributed by atoms with Crippen LogP contribution in [0.3, 0.4) is 0 Å². The second-order valence-corrected chi connectivity index (χ2v) is 6.61. The van der Waals surface area contributed by atoms with E-state index in [1.807, 2.05) is 18.8 Å². The highest BCUT2D eigenvalue weighted by atomic mass is 79.9. The molecule has 108 valence electrons. The SMILES string of the molecule is CN(C)CCn1ncc(Br)c1C1(O)CCCC(N)C1. The number of likely N-dealkylation sites (N-methyl/N-ethyl adjacent to an activating group) is 1. The van der Waals surface area contributed by atoms with Crippen molar-refractivity contribution in [3.8, 4) is 0 Å². The van der Waals surface area contributed by atoms with Crippen LogP contribution in [0, 0.1) is 0 Å². The molecule has 1 fully saturated rings. The first-order valence-electron chi connectivity index (χ1n) is 6.77. The standard InChI is InChI=1S/C13H23BrN4O/c1-17(2)6-7-18-12(11(14)9-16-18)13(19)5-3-4-10(15)8-13/h9-10,19H,3-8,15H2,1-2H3. The van der Waals surface area contributed by atoms with Crippen LogP contribution in [-0.4, -0.2) is 46.5 Å². The average molecular weight is 331 g/mol. The van der Waals surface area contributed by atoms with Crippen molar-refractivity contribution in [2.45, 2.75) is 43.9 Å². The van der Waals surface area contributed by atoms with E-state index in [1.54, 1.807) is 6.20 Å². The van der Waals surface area contributed by atoms with Crippen LogP contribution in [-0.2, 0) is 12.1 Å². The molecule has 0 bridgehead atoms. The van der Waals surface area contributed by atoms with Gasteiger partial charge in [0.2, 0.25) is 0 Å². The summed E-state index contributed by atoms with van der Waals surface area (Å²) in [4.78, 5) is 2.11. The lowest BCUT2D eigenvalue weighted by Crippen LogP contribution is -2.41. The van der Waals surface area contributed by atoms with Crippen LogP contribution in [0.25, 0.3) is 0 Å². The lowest BCUT2D eigenvalue weighted by molar-refractivity contribution is -0.0159. The summed E-state index contributed by atoms with van der Waals surface area (Å²) in [5.41, 5.74) is 6.06. The van der Waals surface area contributed by atoms with E-state index < -0.39 is 5.60 Å². The molecule has 1 heterocycles. The Labute approximate surface area is 122 Å². The van der Waals surface area contributed by atoms with E-state index in [2.05, 4.69) is 25.9 Å². The van der Waals surface area contributed by atoms with Gasteiger partial charge >= 0.3 is 0 Å². The van der Waals surface area contributed by atoms with Crippen molar-refractivity contribution in [1.29, 1.82) is 0 Å². The largest absolute Gasteiger partial charge is 0.383 e. The monoisotopic (exact) mass is 330 g/mol. The van der Waals surface area contributed by atoms with Gasteiger partial charge in [-0.05, 0) is 55.7 Å². The molecule has 0 aliphatic heterocycles. The van der Waals surface area contributed by atoms with E-state index in [0.717, 1.165) is 42.5 Å². The zero-order chi connectivity index (χ0) is 14.0. The van der Waals surface area contributed by atoms with Gasteiger partial charge in [-0.25, -0.2) is 0 Å². The Morgan fingerprint density at radius 3 is 3.00 bits per heavy atom. The molecule has 1 aliphatic rings. The highest BCUT2D eigenvalue weighted by molar-refractivity contribution is 9.10. The van der Waals surface area contributed by atoms with Crippen LogP contribution in [0.2, 0.25) is 0 Å². The predicted octanol–water partition coefficient (Wildman–Crippen LogP) is 1.30. The minimum Gasteiger partial charge on any atom is -0.383 e. The Balaban J connectivity index is 2.24. The molecule has 0 saturated heterocycles.